The third-order valence-electron chi connectivity index (χ3n) is 4.26. The fourth-order valence-electron chi connectivity index (χ4n) is 2.91. The Morgan fingerprint density at radius 3 is 2.80 bits per heavy atom. The van der Waals surface area contributed by atoms with Gasteiger partial charge in [-0.3, -0.25) is 4.90 Å². The van der Waals surface area contributed by atoms with E-state index in [1.165, 1.54) is 16.6 Å². The Morgan fingerprint density at radius 2 is 2.00 bits per heavy atom. The molecule has 0 atom stereocenters. The summed E-state index contributed by atoms with van der Waals surface area (Å²) in [5, 5.41) is 1.18. The van der Waals surface area contributed by atoms with E-state index in [1.54, 1.807) is 6.33 Å². The van der Waals surface area contributed by atoms with Crippen LogP contribution in [0.5, 0.6) is 0 Å². The molecule has 0 spiro atoms. The minimum Gasteiger partial charge on any atom is -0.379 e. The summed E-state index contributed by atoms with van der Waals surface area (Å²) in [7, 11) is 0. The number of hydrogen-bond acceptors (Lipinski definition) is 4. The van der Waals surface area contributed by atoms with Gasteiger partial charge in [0.15, 0.2) is 0 Å². The Labute approximate surface area is 119 Å². The van der Waals surface area contributed by atoms with Crippen molar-refractivity contribution in [2.75, 3.05) is 32.8 Å². The number of hydrogen-bond donors (Lipinski definition) is 0. The third-order valence-corrected chi connectivity index (χ3v) is 4.26. The molecule has 0 aromatic carbocycles. The molecular weight excluding hydrogens is 252 g/mol. The highest BCUT2D eigenvalue weighted by molar-refractivity contribution is 5.80. The quantitative estimate of drug-likeness (QED) is 0.852. The second-order valence-electron chi connectivity index (χ2n) is 5.43. The van der Waals surface area contributed by atoms with Crippen molar-refractivity contribution in [2.45, 2.75) is 26.8 Å². The monoisotopic (exact) mass is 274 g/mol. The van der Waals surface area contributed by atoms with Crippen molar-refractivity contribution in [3.63, 3.8) is 0 Å². The van der Waals surface area contributed by atoms with Crippen molar-refractivity contribution in [3.05, 3.63) is 23.8 Å². The van der Waals surface area contributed by atoms with E-state index in [9.17, 15) is 0 Å². The minimum atomic E-state index is 0.873. The molecule has 0 N–H and O–H groups in total. The first-order valence-corrected chi connectivity index (χ1v) is 7.33. The van der Waals surface area contributed by atoms with Crippen molar-refractivity contribution in [1.82, 2.24) is 19.4 Å². The molecule has 2 aromatic heterocycles. The van der Waals surface area contributed by atoms with E-state index in [0.717, 1.165) is 51.5 Å². The van der Waals surface area contributed by atoms with Gasteiger partial charge in [0, 0.05) is 43.5 Å². The molecule has 0 bridgehead atoms. The molecular formula is C15H22N4O. The summed E-state index contributed by atoms with van der Waals surface area (Å²) in [5.41, 5.74) is 3.67. The Bertz CT molecular complexity index is 587. The lowest BCUT2D eigenvalue weighted by Gasteiger charge is -2.26. The van der Waals surface area contributed by atoms with Crippen molar-refractivity contribution in [2.24, 2.45) is 0 Å². The van der Waals surface area contributed by atoms with Crippen LogP contribution in [0.2, 0.25) is 0 Å². The number of ether oxygens (including phenoxy) is 1. The highest BCUT2D eigenvalue weighted by Gasteiger charge is 2.13. The van der Waals surface area contributed by atoms with Gasteiger partial charge in [-0.1, -0.05) is 0 Å². The highest BCUT2D eigenvalue weighted by Crippen LogP contribution is 2.22. The molecule has 0 amide bonds. The van der Waals surface area contributed by atoms with Crippen molar-refractivity contribution in [3.8, 4) is 0 Å². The van der Waals surface area contributed by atoms with E-state index < -0.39 is 0 Å². The lowest BCUT2D eigenvalue weighted by atomic mass is 10.2. The molecule has 20 heavy (non-hydrogen) atoms. The Balaban J connectivity index is 1.69. The fourth-order valence-corrected chi connectivity index (χ4v) is 2.91. The minimum absolute atomic E-state index is 0.873. The van der Waals surface area contributed by atoms with Gasteiger partial charge in [-0.05, 0) is 25.8 Å². The number of aryl methyl sites for hydroxylation is 2. The lowest BCUT2D eigenvalue weighted by Crippen LogP contribution is -2.37. The maximum absolute atomic E-state index is 5.38. The zero-order chi connectivity index (χ0) is 13.9. The van der Waals surface area contributed by atoms with Crippen LogP contribution in [-0.4, -0.2) is 52.3 Å². The first-order valence-electron chi connectivity index (χ1n) is 7.33. The maximum Gasteiger partial charge on any atom is 0.143 e. The van der Waals surface area contributed by atoms with Crippen molar-refractivity contribution in [1.29, 1.82) is 0 Å². The Kier molecular flexibility index (Phi) is 3.98. The van der Waals surface area contributed by atoms with Gasteiger partial charge in [0.2, 0.25) is 0 Å². The third kappa shape index (κ3) is 2.55. The van der Waals surface area contributed by atoms with Crippen LogP contribution >= 0.6 is 0 Å². The predicted molar refractivity (Wildman–Crippen MR) is 78.9 cm³/mol. The van der Waals surface area contributed by atoms with Crippen LogP contribution in [0, 0.1) is 13.8 Å². The van der Waals surface area contributed by atoms with Crippen molar-refractivity contribution >= 4 is 11.0 Å². The molecule has 0 aliphatic carbocycles. The van der Waals surface area contributed by atoms with Gasteiger partial charge >= 0.3 is 0 Å². The molecule has 1 fully saturated rings. The standard InChI is InChI=1S/C15H22N4O/c1-12-13(2)19(15-14(12)10-16-11-17-15)5-3-4-18-6-8-20-9-7-18/h10-11H,3-9H2,1-2H3. The van der Waals surface area contributed by atoms with E-state index in [0.29, 0.717) is 0 Å². The van der Waals surface area contributed by atoms with E-state index >= 15 is 0 Å². The largest absolute Gasteiger partial charge is 0.379 e. The molecule has 0 radical (unpaired) electrons. The molecule has 3 heterocycles. The van der Waals surface area contributed by atoms with Crippen LogP contribution in [0.15, 0.2) is 12.5 Å². The predicted octanol–water partition coefficient (Wildman–Crippen LogP) is 1.77. The Hall–Kier alpha value is -1.46. The van der Waals surface area contributed by atoms with Crippen LogP contribution in [0.25, 0.3) is 11.0 Å². The van der Waals surface area contributed by atoms with Gasteiger partial charge in [0.1, 0.15) is 12.0 Å². The van der Waals surface area contributed by atoms with Gasteiger partial charge < -0.3 is 9.30 Å². The summed E-state index contributed by atoms with van der Waals surface area (Å²) in [6, 6.07) is 0. The first-order chi connectivity index (χ1) is 9.77. The van der Waals surface area contributed by atoms with Gasteiger partial charge in [-0.2, -0.15) is 0 Å². The molecule has 5 heteroatoms. The molecule has 2 aromatic rings. The zero-order valence-corrected chi connectivity index (χ0v) is 12.3. The average Bonchev–Trinajstić information content (AvgIpc) is 2.74. The normalized spacial score (nSPS) is 16.9. The topological polar surface area (TPSA) is 43.2 Å². The number of morpholine rings is 1. The average molecular weight is 274 g/mol. The molecule has 1 saturated heterocycles. The van der Waals surface area contributed by atoms with Crippen LogP contribution in [-0.2, 0) is 11.3 Å². The molecule has 1 aliphatic heterocycles. The van der Waals surface area contributed by atoms with Gasteiger partial charge in [0.25, 0.3) is 0 Å². The number of rotatable bonds is 4. The summed E-state index contributed by atoms with van der Waals surface area (Å²) in [6.45, 7) is 10.3. The van der Waals surface area contributed by atoms with Gasteiger partial charge in [-0.15, -0.1) is 0 Å². The van der Waals surface area contributed by atoms with E-state index in [1.807, 2.05) is 6.20 Å². The fraction of sp³-hybridized carbons (Fsp3) is 0.600. The van der Waals surface area contributed by atoms with Crippen LogP contribution in [0.4, 0.5) is 0 Å². The summed E-state index contributed by atoms with van der Waals surface area (Å²) in [4.78, 5) is 11.1. The maximum atomic E-state index is 5.38. The summed E-state index contributed by atoms with van der Waals surface area (Å²) < 4.78 is 7.71. The number of nitrogens with zero attached hydrogens (tertiary/aromatic N) is 4. The summed E-state index contributed by atoms with van der Waals surface area (Å²) in [5.74, 6) is 0. The first kappa shape index (κ1) is 13.5. The molecule has 0 saturated carbocycles. The number of fused-ring (bicyclic) bond motifs is 1. The molecule has 0 unspecified atom stereocenters. The number of aromatic nitrogens is 3. The summed E-state index contributed by atoms with van der Waals surface area (Å²) in [6.07, 6.45) is 4.71. The smallest absolute Gasteiger partial charge is 0.143 e. The SMILES string of the molecule is Cc1c(C)n(CCCN2CCOCC2)c2ncncc12. The van der Waals surface area contributed by atoms with Crippen LogP contribution < -0.4 is 0 Å². The van der Waals surface area contributed by atoms with E-state index in [4.69, 9.17) is 4.74 Å². The van der Waals surface area contributed by atoms with E-state index in [2.05, 4.69) is 33.3 Å². The molecule has 5 nitrogen and oxygen atoms in total. The van der Waals surface area contributed by atoms with Crippen LogP contribution in [0.1, 0.15) is 17.7 Å². The second-order valence-corrected chi connectivity index (χ2v) is 5.43. The second kappa shape index (κ2) is 5.89. The highest BCUT2D eigenvalue weighted by atomic mass is 16.5. The Morgan fingerprint density at radius 1 is 1.20 bits per heavy atom. The molecule has 3 rings (SSSR count). The lowest BCUT2D eigenvalue weighted by molar-refractivity contribution is 0.0369. The zero-order valence-electron chi connectivity index (χ0n) is 12.3. The van der Waals surface area contributed by atoms with Crippen molar-refractivity contribution < 1.29 is 4.74 Å². The van der Waals surface area contributed by atoms with Crippen LogP contribution in [0.3, 0.4) is 0 Å². The van der Waals surface area contributed by atoms with Gasteiger partial charge in [0.05, 0.1) is 13.2 Å². The molecule has 108 valence electrons. The summed E-state index contributed by atoms with van der Waals surface area (Å²) >= 11 is 0. The van der Waals surface area contributed by atoms with Gasteiger partial charge in [-0.25, -0.2) is 9.97 Å². The van der Waals surface area contributed by atoms with E-state index in [-0.39, 0.29) is 0 Å². The molecule has 1 aliphatic rings.